The van der Waals surface area contributed by atoms with E-state index >= 15 is 0 Å². The molecule has 2 rings (SSSR count). The fraction of sp³-hybridized carbons (Fsp3) is 0.440. The predicted octanol–water partition coefficient (Wildman–Crippen LogP) is 6.27. The Morgan fingerprint density at radius 1 is 1.07 bits per heavy atom. The maximum absolute atomic E-state index is 6.52. The van der Waals surface area contributed by atoms with E-state index < -0.39 is 0 Å². The van der Waals surface area contributed by atoms with Gasteiger partial charge in [-0.15, -0.1) is 0 Å². The van der Waals surface area contributed by atoms with Crippen LogP contribution in [-0.4, -0.2) is 23.1 Å². The van der Waals surface area contributed by atoms with Crippen LogP contribution in [-0.2, 0) is 19.3 Å². The van der Waals surface area contributed by atoms with Crippen LogP contribution >= 0.6 is 11.6 Å². The Balaban J connectivity index is 0.00000204. The third-order valence-corrected chi connectivity index (χ3v) is 4.83. The van der Waals surface area contributed by atoms with E-state index in [1.54, 1.807) is 0 Å². The van der Waals surface area contributed by atoms with Crippen LogP contribution in [0.2, 0.25) is 5.15 Å². The molecule has 29 heavy (non-hydrogen) atoms. The van der Waals surface area contributed by atoms with Gasteiger partial charge in [-0.3, -0.25) is 0 Å². The smallest absolute Gasteiger partial charge is 0.136 e. The topological polar surface area (TPSA) is 37.8 Å². The first-order valence-electron chi connectivity index (χ1n) is 10.7. The van der Waals surface area contributed by atoms with Crippen LogP contribution in [0.25, 0.3) is 0 Å². The summed E-state index contributed by atoms with van der Waals surface area (Å²) in [6, 6.07) is 8.35. The molecule has 2 aromatic rings. The molecule has 0 aliphatic heterocycles. The predicted molar refractivity (Wildman–Crippen MR) is 127 cm³/mol. The highest BCUT2D eigenvalue weighted by Crippen LogP contribution is 2.20. The van der Waals surface area contributed by atoms with Gasteiger partial charge in [0.1, 0.15) is 11.0 Å². The minimum Gasteiger partial charge on any atom is -0.316 e. The highest BCUT2D eigenvalue weighted by molar-refractivity contribution is 6.30. The van der Waals surface area contributed by atoms with E-state index in [1.807, 2.05) is 32.9 Å². The van der Waals surface area contributed by atoms with Gasteiger partial charge in [0.05, 0.1) is 0 Å². The molecule has 1 N–H and O–H groups in total. The minimum absolute atomic E-state index is 0.597. The summed E-state index contributed by atoms with van der Waals surface area (Å²) in [6.07, 6.45) is 11.8. The summed E-state index contributed by atoms with van der Waals surface area (Å²) in [5.74, 6) is 0.803. The maximum Gasteiger partial charge on any atom is 0.136 e. The van der Waals surface area contributed by atoms with Crippen molar-refractivity contribution in [2.45, 2.75) is 60.3 Å². The summed E-state index contributed by atoms with van der Waals surface area (Å²) in [5, 5.41) is 4.06. The molecular weight excluding hydrogens is 378 g/mol. The zero-order chi connectivity index (χ0) is 21.5. The Kier molecular flexibility index (Phi) is 12.9. The summed E-state index contributed by atoms with van der Waals surface area (Å²) in [6.45, 7) is 12.1. The van der Waals surface area contributed by atoms with E-state index in [-0.39, 0.29) is 0 Å². The number of allylic oxidation sites excluding steroid dienone is 3. The second kappa shape index (κ2) is 14.9. The van der Waals surface area contributed by atoms with Gasteiger partial charge in [0.15, 0.2) is 0 Å². The second-order valence-corrected chi connectivity index (χ2v) is 6.91. The molecular formula is C25H36ClN3. The zero-order valence-electron chi connectivity index (χ0n) is 18.6. The Labute approximate surface area is 182 Å². The minimum atomic E-state index is 0.597. The molecule has 0 aliphatic carbocycles. The Bertz CT molecular complexity index is 782. The molecule has 4 heteroatoms. The molecule has 0 radical (unpaired) electrons. The van der Waals surface area contributed by atoms with Crippen molar-refractivity contribution in [3.63, 3.8) is 0 Å². The van der Waals surface area contributed by atoms with E-state index in [0.717, 1.165) is 55.9 Å². The molecule has 0 amide bonds. The largest absolute Gasteiger partial charge is 0.316 e. The number of aryl methyl sites for hydroxylation is 2. The number of hydrogen-bond donors (Lipinski definition) is 1. The summed E-state index contributed by atoms with van der Waals surface area (Å²) in [4.78, 5) is 9.37. The van der Waals surface area contributed by atoms with E-state index in [2.05, 4.69) is 60.6 Å². The van der Waals surface area contributed by atoms with Gasteiger partial charge in [-0.25, -0.2) is 9.97 Å². The van der Waals surface area contributed by atoms with Crippen molar-refractivity contribution < 1.29 is 0 Å². The van der Waals surface area contributed by atoms with Crippen molar-refractivity contribution in [2.75, 3.05) is 13.1 Å². The molecule has 0 bridgehead atoms. The van der Waals surface area contributed by atoms with Crippen LogP contribution in [0, 0.1) is 6.92 Å². The zero-order valence-corrected chi connectivity index (χ0v) is 19.4. The molecule has 0 atom stereocenters. The van der Waals surface area contributed by atoms with Crippen LogP contribution in [0.15, 0.2) is 48.6 Å². The van der Waals surface area contributed by atoms with Crippen molar-refractivity contribution in [3.05, 3.63) is 81.9 Å². The first-order chi connectivity index (χ1) is 14.2. The molecule has 0 spiro atoms. The lowest BCUT2D eigenvalue weighted by Crippen LogP contribution is -2.19. The molecule has 0 fully saturated rings. The van der Waals surface area contributed by atoms with Gasteiger partial charge in [-0.05, 0) is 57.3 Å². The van der Waals surface area contributed by atoms with Crippen molar-refractivity contribution in [2.24, 2.45) is 0 Å². The van der Waals surface area contributed by atoms with Gasteiger partial charge in [0.25, 0.3) is 0 Å². The van der Waals surface area contributed by atoms with E-state index in [9.17, 15) is 0 Å². The molecule has 0 saturated carbocycles. The first-order valence-corrected chi connectivity index (χ1v) is 11.1. The monoisotopic (exact) mass is 413 g/mol. The maximum atomic E-state index is 6.52. The first kappa shape index (κ1) is 25.1. The van der Waals surface area contributed by atoms with Gasteiger partial charge in [-0.2, -0.15) is 0 Å². The Morgan fingerprint density at radius 3 is 2.52 bits per heavy atom. The SMILES string of the molecule is C/C=C\C=C/CCNCCc1c(Cl)nc(Cc2ccccc2C)nc1CC.CC. The summed E-state index contributed by atoms with van der Waals surface area (Å²) >= 11 is 6.52. The average Bonchev–Trinajstić information content (AvgIpc) is 2.74. The van der Waals surface area contributed by atoms with Crippen LogP contribution in [0.3, 0.4) is 0 Å². The van der Waals surface area contributed by atoms with Gasteiger partial charge in [0, 0.05) is 17.7 Å². The van der Waals surface area contributed by atoms with Gasteiger partial charge in [0.2, 0.25) is 0 Å². The summed E-state index contributed by atoms with van der Waals surface area (Å²) in [7, 11) is 0. The quantitative estimate of drug-likeness (QED) is 0.283. The third-order valence-electron chi connectivity index (χ3n) is 4.51. The highest BCUT2D eigenvalue weighted by Gasteiger charge is 2.12. The van der Waals surface area contributed by atoms with Crippen LogP contribution in [0.4, 0.5) is 0 Å². The molecule has 0 aliphatic rings. The lowest BCUT2D eigenvalue weighted by Gasteiger charge is -2.12. The Morgan fingerprint density at radius 2 is 1.83 bits per heavy atom. The lowest BCUT2D eigenvalue weighted by atomic mass is 10.0. The Hall–Kier alpha value is -1.97. The molecule has 1 aromatic heterocycles. The molecule has 158 valence electrons. The number of aromatic nitrogens is 2. The summed E-state index contributed by atoms with van der Waals surface area (Å²) < 4.78 is 0. The molecule has 0 unspecified atom stereocenters. The van der Waals surface area contributed by atoms with Crippen molar-refractivity contribution in [1.29, 1.82) is 0 Å². The fourth-order valence-electron chi connectivity index (χ4n) is 2.96. The molecule has 3 nitrogen and oxygen atoms in total. The fourth-order valence-corrected chi connectivity index (χ4v) is 3.26. The number of nitrogens with one attached hydrogen (secondary N) is 1. The molecule has 0 saturated heterocycles. The third kappa shape index (κ3) is 8.93. The van der Waals surface area contributed by atoms with Gasteiger partial charge >= 0.3 is 0 Å². The number of rotatable bonds is 10. The average molecular weight is 414 g/mol. The van der Waals surface area contributed by atoms with E-state index in [0.29, 0.717) is 5.15 Å². The van der Waals surface area contributed by atoms with Crippen molar-refractivity contribution >= 4 is 11.6 Å². The highest BCUT2D eigenvalue weighted by atomic mass is 35.5. The van der Waals surface area contributed by atoms with Crippen LogP contribution in [0.5, 0.6) is 0 Å². The van der Waals surface area contributed by atoms with E-state index in [1.165, 1.54) is 11.1 Å². The molecule has 1 heterocycles. The van der Waals surface area contributed by atoms with Crippen LogP contribution in [0.1, 0.15) is 62.3 Å². The van der Waals surface area contributed by atoms with Crippen LogP contribution < -0.4 is 5.32 Å². The van der Waals surface area contributed by atoms with Gasteiger partial charge in [-0.1, -0.05) is 80.9 Å². The van der Waals surface area contributed by atoms with Crippen molar-refractivity contribution in [3.8, 4) is 0 Å². The normalized spacial score (nSPS) is 11.1. The second-order valence-electron chi connectivity index (χ2n) is 6.56. The number of halogens is 1. The number of benzene rings is 1. The number of hydrogen-bond acceptors (Lipinski definition) is 3. The standard InChI is InChI=1S/C23H30ClN3.C2H6/c1-4-6-7-8-11-15-25-16-14-20-21(5-2)26-22(27-23(20)24)17-19-13-10-9-12-18(19)3;1-2/h4,6-10,12-13,25H,5,11,14-17H2,1-3H3;1-2H3/b6-4-,8-7-;. The summed E-state index contributed by atoms with van der Waals surface area (Å²) in [5.41, 5.74) is 4.64. The number of nitrogens with zero attached hydrogens (tertiary/aromatic N) is 2. The van der Waals surface area contributed by atoms with E-state index in [4.69, 9.17) is 16.6 Å². The van der Waals surface area contributed by atoms with Crippen molar-refractivity contribution in [1.82, 2.24) is 15.3 Å². The molecule has 1 aromatic carbocycles. The lowest BCUT2D eigenvalue weighted by molar-refractivity contribution is 0.681. The van der Waals surface area contributed by atoms with Gasteiger partial charge < -0.3 is 5.32 Å².